The fourth-order valence-electron chi connectivity index (χ4n) is 17.1. The van der Waals surface area contributed by atoms with Gasteiger partial charge in [-0.1, -0.05) is 156 Å². The second-order valence-electron chi connectivity index (χ2n) is 32.6. The fourth-order valence-corrected chi connectivity index (χ4v) is 17.1. The van der Waals surface area contributed by atoms with E-state index in [9.17, 15) is 0 Å². The first-order valence-corrected chi connectivity index (χ1v) is 40.9. The lowest BCUT2D eigenvalue weighted by Gasteiger charge is -2.14. The Morgan fingerprint density at radius 2 is 0.839 bits per heavy atom. The minimum atomic E-state index is -2.36. The van der Waals surface area contributed by atoms with Crippen molar-refractivity contribution in [2.45, 2.75) is 137 Å². The Morgan fingerprint density at radius 1 is 0.356 bits per heavy atom. The van der Waals surface area contributed by atoms with Gasteiger partial charge >= 0.3 is 0 Å². The predicted octanol–water partition coefficient (Wildman–Crippen LogP) is 25.0. The number of hydrogen-bond acceptors (Lipinski definition) is 2. The molecule has 0 aliphatic heterocycles. The van der Waals surface area contributed by atoms with E-state index in [2.05, 4.69) is 308 Å². The van der Waals surface area contributed by atoms with E-state index in [-0.39, 0.29) is 5.56 Å². The van der Waals surface area contributed by atoms with Crippen LogP contribution in [-0.4, -0.2) is 14.5 Å². The number of aryl methyl sites for hydroxylation is 14. The second-order valence-corrected chi connectivity index (χ2v) is 32.6. The van der Waals surface area contributed by atoms with Crippen molar-refractivity contribution in [3.05, 3.63) is 351 Å². The molecule has 0 saturated heterocycles. The van der Waals surface area contributed by atoms with Crippen molar-refractivity contribution in [2.75, 3.05) is 0 Å². The number of benzene rings is 10. The molecule has 0 bridgehead atoms. The largest absolute Gasteiger partial charge is 0.338 e. The summed E-state index contributed by atoms with van der Waals surface area (Å²) in [5.74, 6) is 0. The highest BCUT2D eigenvalue weighted by molar-refractivity contribution is 6.10. The first-order valence-electron chi connectivity index (χ1n) is 44.9. The molecule has 8 nitrogen and oxygen atoms in total. The van der Waals surface area contributed by atoms with Crippen molar-refractivity contribution >= 4 is 75.7 Å². The van der Waals surface area contributed by atoms with Gasteiger partial charge in [0.1, 0.15) is 36.6 Å². The van der Waals surface area contributed by atoms with Crippen LogP contribution in [0, 0.1) is 104 Å². The molecule has 0 atom stereocenters. The van der Waals surface area contributed by atoms with Crippen molar-refractivity contribution in [3.8, 4) is 67.4 Å². The molecular weight excluding hydrogens is 1430 g/mol. The molecule has 118 heavy (non-hydrogen) atoms. The Kier molecular flexibility index (Phi) is 20.9. The molecule has 0 spiro atoms. The maximum absolute atomic E-state index is 8.36. The minimum Gasteiger partial charge on any atom is -0.338 e. The van der Waals surface area contributed by atoms with Crippen LogP contribution in [0.25, 0.3) is 143 Å². The van der Waals surface area contributed by atoms with Crippen molar-refractivity contribution in [2.24, 2.45) is 35.2 Å². The van der Waals surface area contributed by atoms with Crippen LogP contribution in [0.15, 0.2) is 261 Å². The monoisotopic (exact) mass is 1560 g/mol. The Bertz CT molecular complexity index is 7360. The van der Waals surface area contributed by atoms with Crippen LogP contribution >= 0.6 is 0 Å². The predicted molar refractivity (Wildman–Crippen MR) is 498 cm³/mol. The molecular formula is C110H115N8+5. The topological polar surface area (TPSA) is 50.1 Å². The summed E-state index contributed by atoms with van der Waals surface area (Å²) in [5.41, 5.74) is 33.0. The molecule has 8 aromatic heterocycles. The fraction of sp³-hybridized carbons (Fsp3) is 0.227. The van der Waals surface area contributed by atoms with Crippen LogP contribution < -0.4 is 22.8 Å². The summed E-state index contributed by atoms with van der Waals surface area (Å²) in [6.07, 6.45) is 6.14. The lowest BCUT2D eigenvalue weighted by Crippen LogP contribution is -2.35. The van der Waals surface area contributed by atoms with Gasteiger partial charge in [-0.25, -0.2) is 4.57 Å². The SMILES string of the molecule is Cc1ccc2c(-c3cc(-c4cccnc4)ccc3C)[n+](C)c(C)cc2c1.Cc1ccc2c(-c3cc4c(cc3C)c3ccccc3n4C(C)C)[n+](C)c(C)cc2c1.Cc1ccc2c(-c3ccncc3C)[n+](C)c(C)cc2c1.[2H]c1cc([2H])c(C)c(-c2c3ccc(C)cc3cc(C)[n+]2C)c1.[2H]c1cc2cc(C)ccc2c(-c2cc(C([2H])([2H])[2H])cc(C([2H])([2H])C)c2C)[n+]1C. The van der Waals surface area contributed by atoms with E-state index in [0.29, 0.717) is 41.0 Å². The molecule has 0 saturated carbocycles. The number of fused-ring (bicyclic) bond motifs is 8. The molecule has 18 rings (SSSR count). The first-order chi connectivity index (χ1) is 59.7. The van der Waals surface area contributed by atoms with Crippen LogP contribution in [-0.2, 0) is 41.6 Å². The molecule has 0 amide bonds. The summed E-state index contributed by atoms with van der Waals surface area (Å²) in [7, 11) is 10.3. The Balaban J connectivity index is 0.000000129. The molecule has 0 unspecified atom stereocenters. The van der Waals surface area contributed by atoms with E-state index in [0.717, 1.165) is 55.5 Å². The zero-order chi connectivity index (χ0) is 90.7. The van der Waals surface area contributed by atoms with E-state index in [1.54, 1.807) is 29.8 Å². The van der Waals surface area contributed by atoms with Gasteiger partial charge in [0.05, 0.1) is 57.4 Å². The summed E-state index contributed by atoms with van der Waals surface area (Å²) < 4.78 is 77.6. The molecule has 0 radical (unpaired) electrons. The third-order valence-corrected chi connectivity index (χ3v) is 23.8. The van der Waals surface area contributed by atoms with Gasteiger partial charge in [0.15, 0.2) is 28.9 Å². The summed E-state index contributed by atoms with van der Waals surface area (Å²) in [5, 5.41) is 14.6. The van der Waals surface area contributed by atoms with Crippen LogP contribution in [0.4, 0.5) is 0 Å². The third-order valence-electron chi connectivity index (χ3n) is 23.8. The molecule has 0 N–H and O–H groups in total. The number of hydrogen-bond donors (Lipinski definition) is 0. The molecule has 8 heteroatoms. The first kappa shape index (κ1) is 71.9. The van der Waals surface area contributed by atoms with Gasteiger partial charge in [-0.05, 0) is 247 Å². The summed E-state index contributed by atoms with van der Waals surface area (Å²) >= 11 is 0. The molecule has 0 aliphatic rings. The lowest BCUT2D eigenvalue weighted by atomic mass is 9.93. The van der Waals surface area contributed by atoms with Crippen molar-refractivity contribution in [1.82, 2.24) is 14.5 Å². The maximum Gasteiger partial charge on any atom is 0.220 e. The summed E-state index contributed by atoms with van der Waals surface area (Å²) in [6, 6.07) is 77.5. The molecule has 8 heterocycles. The van der Waals surface area contributed by atoms with Crippen LogP contribution in [0.5, 0.6) is 0 Å². The second kappa shape index (κ2) is 34.3. The van der Waals surface area contributed by atoms with Gasteiger partial charge in [-0.3, -0.25) is 9.97 Å². The van der Waals surface area contributed by atoms with Crippen LogP contribution in [0.2, 0.25) is 0 Å². The van der Waals surface area contributed by atoms with E-state index >= 15 is 0 Å². The highest BCUT2D eigenvalue weighted by atomic mass is 15.0. The van der Waals surface area contributed by atoms with Crippen molar-refractivity contribution < 1.29 is 33.8 Å². The highest BCUT2D eigenvalue weighted by Gasteiger charge is 2.27. The Morgan fingerprint density at radius 3 is 1.33 bits per heavy atom. The van der Waals surface area contributed by atoms with E-state index in [1.165, 1.54) is 168 Å². The number of para-hydroxylation sites is 1. The summed E-state index contributed by atoms with van der Waals surface area (Å²) in [4.78, 5) is 8.48. The number of rotatable bonds is 8. The molecule has 590 valence electrons. The standard InChI is InChI=1S/C28H29N2.C24H23N2.C21H24N.C19H20N.C18H19N2/c1-17(2)30-26-10-8-7-9-23(26)25-14-19(4)24(16-27(25)30)28-22-12-11-18(3)13-21(22)15-20(5)29(28)6;1-16-7-10-22-21(12-16)13-18(3)26(4)24(22)23-14-19(9-8-17(23)2)20-6-5-11-25-15-20;1-6-17-12-15(3)13-20(16(17)4)21-19-8-7-14(2)11-18(19)9-10-22(21)5;1-13-9-10-18-16(11-13)12-15(3)20(4)19(18)17-8-6-5-7-14(17)2;1-12-5-6-17-15(9-12)10-14(3)20(4)18(17)16-7-8-19-11-13(16)2/h7-17H,1-6H3;5-15H,1-4H3;7-13H,6H2,1-5H3;5-12H,1-4H3;5-11H,1-4H3/q5*+1/i;;3D3,6D2,10D;6D,7D;. The summed E-state index contributed by atoms with van der Waals surface area (Å²) in [6.45, 7) is 33.1. The average molecular weight is 1560 g/mol. The van der Waals surface area contributed by atoms with Gasteiger partial charge < -0.3 is 4.57 Å². The third kappa shape index (κ3) is 16.3. The van der Waals surface area contributed by atoms with E-state index < -0.39 is 13.2 Å². The van der Waals surface area contributed by atoms with Crippen LogP contribution in [0.3, 0.4) is 0 Å². The van der Waals surface area contributed by atoms with Crippen LogP contribution in [0.1, 0.15) is 127 Å². The smallest absolute Gasteiger partial charge is 0.220 e. The molecule has 0 aliphatic carbocycles. The molecule has 10 aromatic carbocycles. The molecule has 18 aromatic rings. The maximum atomic E-state index is 8.36. The normalized spacial score (nSPS) is 12.5. The number of nitrogens with zero attached hydrogens (tertiary/aromatic N) is 8. The van der Waals surface area contributed by atoms with Gasteiger partial charge in [0, 0.05) is 123 Å². The van der Waals surface area contributed by atoms with E-state index in [4.69, 9.17) is 11.0 Å². The zero-order valence-electron chi connectivity index (χ0n) is 80.7. The van der Waals surface area contributed by atoms with Crippen molar-refractivity contribution in [1.29, 1.82) is 0 Å². The minimum absolute atomic E-state index is 0.101. The van der Waals surface area contributed by atoms with Gasteiger partial charge in [0.25, 0.3) is 0 Å². The van der Waals surface area contributed by atoms with Gasteiger partial charge in [-0.15, -0.1) is 0 Å². The van der Waals surface area contributed by atoms with Gasteiger partial charge in [0.2, 0.25) is 28.5 Å². The molecule has 0 fully saturated rings. The lowest BCUT2D eigenvalue weighted by molar-refractivity contribution is -0.665. The van der Waals surface area contributed by atoms with Gasteiger partial charge in [-0.2, -0.15) is 18.3 Å². The van der Waals surface area contributed by atoms with E-state index in [1.807, 2.05) is 82.9 Å². The number of aromatic nitrogens is 8. The number of pyridine rings is 7. The average Bonchev–Trinajstić information content (AvgIpc) is 1.21. The van der Waals surface area contributed by atoms with Crippen molar-refractivity contribution in [3.63, 3.8) is 0 Å². The highest BCUT2D eigenvalue weighted by Crippen LogP contribution is 2.40. The zero-order valence-corrected chi connectivity index (χ0v) is 72.7. The Labute approximate surface area is 710 Å². The quantitative estimate of drug-likeness (QED) is 0.142. The Hall–Kier alpha value is -12.7.